The highest BCUT2D eigenvalue weighted by molar-refractivity contribution is 6.00. The minimum absolute atomic E-state index is 0.159. The quantitative estimate of drug-likeness (QED) is 0.508. The SMILES string of the molecule is Cc1ccc(/C=C(\C#N)C(=O)OCC(=O)Nc2ccc(C)c(C)c2)cc1. The van der Waals surface area contributed by atoms with Crippen molar-refractivity contribution in [2.75, 3.05) is 11.9 Å². The number of amides is 1. The Morgan fingerprint density at radius 1 is 1.08 bits per heavy atom. The van der Waals surface area contributed by atoms with Crippen molar-refractivity contribution in [2.45, 2.75) is 20.8 Å². The Balaban J connectivity index is 1.95. The molecule has 0 atom stereocenters. The zero-order valence-corrected chi connectivity index (χ0v) is 15.0. The van der Waals surface area contributed by atoms with Gasteiger partial charge in [-0.05, 0) is 55.7 Å². The van der Waals surface area contributed by atoms with Crippen LogP contribution in [0.3, 0.4) is 0 Å². The molecular weight excluding hydrogens is 328 g/mol. The Hall–Kier alpha value is -3.39. The maximum absolute atomic E-state index is 12.0. The summed E-state index contributed by atoms with van der Waals surface area (Å²) in [6.07, 6.45) is 1.43. The van der Waals surface area contributed by atoms with E-state index in [1.54, 1.807) is 24.3 Å². The van der Waals surface area contributed by atoms with Gasteiger partial charge in [-0.15, -0.1) is 0 Å². The second kappa shape index (κ2) is 8.63. The van der Waals surface area contributed by atoms with Gasteiger partial charge in [0.2, 0.25) is 0 Å². The van der Waals surface area contributed by atoms with Crippen molar-refractivity contribution in [1.82, 2.24) is 0 Å². The molecule has 5 nitrogen and oxygen atoms in total. The van der Waals surface area contributed by atoms with Gasteiger partial charge in [0, 0.05) is 5.69 Å². The maximum atomic E-state index is 12.0. The predicted octanol–water partition coefficient (Wildman–Crippen LogP) is 3.70. The highest BCUT2D eigenvalue weighted by Gasteiger charge is 2.13. The summed E-state index contributed by atoms with van der Waals surface area (Å²) < 4.78 is 4.94. The van der Waals surface area contributed by atoms with Crippen LogP contribution in [0.5, 0.6) is 0 Å². The van der Waals surface area contributed by atoms with Gasteiger partial charge in [-0.2, -0.15) is 5.26 Å². The third-order valence-electron chi connectivity index (χ3n) is 3.85. The molecule has 0 unspecified atom stereocenters. The smallest absolute Gasteiger partial charge is 0.349 e. The van der Waals surface area contributed by atoms with Crippen molar-refractivity contribution in [3.05, 3.63) is 70.3 Å². The first kappa shape index (κ1) is 18.9. The largest absolute Gasteiger partial charge is 0.451 e. The maximum Gasteiger partial charge on any atom is 0.349 e. The zero-order chi connectivity index (χ0) is 19.1. The summed E-state index contributed by atoms with van der Waals surface area (Å²) in [4.78, 5) is 23.9. The van der Waals surface area contributed by atoms with E-state index in [1.165, 1.54) is 6.08 Å². The van der Waals surface area contributed by atoms with E-state index in [0.717, 1.165) is 16.7 Å². The van der Waals surface area contributed by atoms with E-state index >= 15 is 0 Å². The number of rotatable bonds is 5. The monoisotopic (exact) mass is 348 g/mol. The van der Waals surface area contributed by atoms with E-state index < -0.39 is 18.5 Å². The molecule has 2 aromatic rings. The normalized spacial score (nSPS) is 10.8. The van der Waals surface area contributed by atoms with Crippen LogP contribution < -0.4 is 5.32 Å². The highest BCUT2D eigenvalue weighted by Crippen LogP contribution is 2.14. The zero-order valence-electron chi connectivity index (χ0n) is 15.0. The third kappa shape index (κ3) is 5.32. The van der Waals surface area contributed by atoms with Gasteiger partial charge in [0.1, 0.15) is 11.6 Å². The number of carbonyl (C=O) groups is 2. The fourth-order valence-corrected chi connectivity index (χ4v) is 2.19. The molecule has 0 aromatic heterocycles. The molecule has 2 aromatic carbocycles. The van der Waals surface area contributed by atoms with Crippen LogP contribution in [0.2, 0.25) is 0 Å². The average molecular weight is 348 g/mol. The average Bonchev–Trinajstić information content (AvgIpc) is 2.62. The van der Waals surface area contributed by atoms with Gasteiger partial charge in [0.15, 0.2) is 6.61 Å². The fraction of sp³-hybridized carbons (Fsp3) is 0.190. The first-order valence-electron chi connectivity index (χ1n) is 8.11. The summed E-state index contributed by atoms with van der Waals surface area (Å²) in [6.45, 7) is 5.41. The summed E-state index contributed by atoms with van der Waals surface area (Å²) in [7, 11) is 0. The summed E-state index contributed by atoms with van der Waals surface area (Å²) >= 11 is 0. The van der Waals surface area contributed by atoms with Crippen LogP contribution in [0.15, 0.2) is 48.0 Å². The first-order valence-corrected chi connectivity index (χ1v) is 8.11. The Kier molecular flexibility index (Phi) is 6.29. The van der Waals surface area contributed by atoms with Crippen molar-refractivity contribution in [3.63, 3.8) is 0 Å². The second-order valence-corrected chi connectivity index (χ2v) is 6.00. The summed E-state index contributed by atoms with van der Waals surface area (Å²) in [6, 6.07) is 14.7. The molecular formula is C21H20N2O3. The van der Waals surface area contributed by atoms with E-state index in [1.807, 2.05) is 45.0 Å². The second-order valence-electron chi connectivity index (χ2n) is 6.00. The Morgan fingerprint density at radius 3 is 2.38 bits per heavy atom. The lowest BCUT2D eigenvalue weighted by atomic mass is 10.1. The van der Waals surface area contributed by atoms with Gasteiger partial charge in [0.25, 0.3) is 5.91 Å². The minimum atomic E-state index is -0.830. The molecule has 2 rings (SSSR count). The molecule has 0 radical (unpaired) electrons. The topological polar surface area (TPSA) is 79.2 Å². The van der Waals surface area contributed by atoms with Crippen molar-refractivity contribution in [1.29, 1.82) is 5.26 Å². The standard InChI is InChI=1S/C21H20N2O3/c1-14-4-7-17(8-5-14)11-18(12-22)21(25)26-13-20(24)23-19-9-6-15(2)16(3)10-19/h4-11H,13H2,1-3H3,(H,23,24)/b18-11+. The molecule has 1 N–H and O–H groups in total. The molecule has 0 saturated heterocycles. The van der Waals surface area contributed by atoms with Crippen LogP contribution in [0.25, 0.3) is 6.08 Å². The molecule has 0 aliphatic heterocycles. The number of nitrogens with zero attached hydrogens (tertiary/aromatic N) is 1. The van der Waals surface area contributed by atoms with Crippen LogP contribution in [-0.4, -0.2) is 18.5 Å². The molecule has 0 aliphatic carbocycles. The van der Waals surface area contributed by atoms with E-state index in [0.29, 0.717) is 11.3 Å². The van der Waals surface area contributed by atoms with Crippen LogP contribution >= 0.6 is 0 Å². The molecule has 0 saturated carbocycles. The van der Waals surface area contributed by atoms with E-state index in [4.69, 9.17) is 10.00 Å². The molecule has 0 aliphatic rings. The van der Waals surface area contributed by atoms with Gasteiger partial charge in [-0.1, -0.05) is 35.9 Å². The highest BCUT2D eigenvalue weighted by atomic mass is 16.5. The number of ether oxygens (including phenoxy) is 1. The number of benzene rings is 2. The van der Waals surface area contributed by atoms with E-state index in [9.17, 15) is 9.59 Å². The fourth-order valence-electron chi connectivity index (χ4n) is 2.19. The Labute approximate surface area is 152 Å². The molecule has 5 heteroatoms. The van der Waals surface area contributed by atoms with E-state index in [-0.39, 0.29) is 5.57 Å². The molecule has 0 heterocycles. The van der Waals surface area contributed by atoms with Crippen LogP contribution in [0, 0.1) is 32.1 Å². The molecule has 0 fully saturated rings. The van der Waals surface area contributed by atoms with Crippen LogP contribution in [0.1, 0.15) is 22.3 Å². The lowest BCUT2D eigenvalue weighted by Crippen LogP contribution is -2.21. The first-order chi connectivity index (χ1) is 12.4. The lowest BCUT2D eigenvalue weighted by Gasteiger charge is -2.08. The number of nitrogens with one attached hydrogen (secondary N) is 1. The summed E-state index contributed by atoms with van der Waals surface area (Å²) in [5.41, 5.74) is 4.43. The van der Waals surface area contributed by atoms with Crippen molar-refractivity contribution >= 4 is 23.6 Å². The van der Waals surface area contributed by atoms with E-state index in [2.05, 4.69) is 5.32 Å². The molecule has 0 spiro atoms. The number of anilines is 1. The van der Waals surface area contributed by atoms with Crippen LogP contribution in [-0.2, 0) is 14.3 Å². The number of hydrogen-bond acceptors (Lipinski definition) is 4. The predicted molar refractivity (Wildman–Crippen MR) is 100 cm³/mol. The Morgan fingerprint density at radius 2 is 1.77 bits per heavy atom. The Bertz CT molecular complexity index is 890. The summed E-state index contributed by atoms with van der Waals surface area (Å²) in [5.74, 6) is -1.29. The van der Waals surface area contributed by atoms with Crippen molar-refractivity contribution < 1.29 is 14.3 Å². The van der Waals surface area contributed by atoms with Gasteiger partial charge in [-0.3, -0.25) is 4.79 Å². The van der Waals surface area contributed by atoms with Gasteiger partial charge < -0.3 is 10.1 Å². The van der Waals surface area contributed by atoms with Gasteiger partial charge in [-0.25, -0.2) is 4.79 Å². The molecule has 1 amide bonds. The summed E-state index contributed by atoms with van der Waals surface area (Å²) in [5, 5.41) is 11.8. The molecule has 26 heavy (non-hydrogen) atoms. The van der Waals surface area contributed by atoms with Gasteiger partial charge >= 0.3 is 5.97 Å². The number of aryl methyl sites for hydroxylation is 3. The molecule has 132 valence electrons. The van der Waals surface area contributed by atoms with Crippen LogP contribution in [0.4, 0.5) is 5.69 Å². The third-order valence-corrected chi connectivity index (χ3v) is 3.85. The number of hydrogen-bond donors (Lipinski definition) is 1. The van der Waals surface area contributed by atoms with Gasteiger partial charge in [0.05, 0.1) is 0 Å². The van der Waals surface area contributed by atoms with Crippen molar-refractivity contribution in [2.24, 2.45) is 0 Å². The lowest BCUT2D eigenvalue weighted by molar-refractivity contribution is -0.142. The number of nitriles is 1. The number of carbonyl (C=O) groups excluding carboxylic acids is 2. The van der Waals surface area contributed by atoms with Crippen molar-refractivity contribution in [3.8, 4) is 6.07 Å². The minimum Gasteiger partial charge on any atom is -0.451 e. The molecule has 0 bridgehead atoms. The number of esters is 1.